The molecule has 0 amide bonds. The molecule has 0 radical (unpaired) electrons. The number of nitrogens with zero attached hydrogens (tertiary/aromatic N) is 2. The molecule has 2 unspecified atom stereocenters. The number of benzene rings is 3. The number of carboxylic acid groups (broad SMARTS) is 2. The van der Waals surface area contributed by atoms with E-state index < -0.39 is 53.8 Å². The lowest BCUT2D eigenvalue weighted by molar-refractivity contribution is -0.539. The Morgan fingerprint density at radius 1 is 0.684 bits per heavy atom. The second-order valence-electron chi connectivity index (χ2n) is 7.67. The van der Waals surface area contributed by atoms with Crippen LogP contribution in [0.5, 0.6) is 0 Å². The molecule has 2 N–H and O–H groups in total. The molecule has 0 bridgehead atoms. The molecule has 10 nitrogen and oxygen atoms in total. The van der Waals surface area contributed by atoms with E-state index in [1.807, 2.05) is 0 Å². The zero-order valence-corrected chi connectivity index (χ0v) is 21.2. The third kappa shape index (κ3) is 5.04. The Labute approximate surface area is 225 Å². The second kappa shape index (κ2) is 11.3. The van der Waals surface area contributed by atoms with E-state index in [-0.39, 0.29) is 0 Å². The molecule has 0 aliphatic rings. The van der Waals surface area contributed by atoms with Crippen LogP contribution in [0.15, 0.2) is 108 Å². The van der Waals surface area contributed by atoms with Gasteiger partial charge in [0.25, 0.3) is 0 Å². The Morgan fingerprint density at radius 2 is 1.00 bits per heavy atom. The maximum atomic E-state index is 12.8. The third-order valence-electron chi connectivity index (χ3n) is 5.51. The predicted molar refractivity (Wildman–Crippen MR) is 143 cm³/mol. The van der Waals surface area contributed by atoms with E-state index in [9.17, 15) is 40.0 Å². The molecular formula is C26H20N2O8S2. The largest absolute Gasteiger partial charge is 0.478 e. The number of carboxylic acids is 2. The Balaban J connectivity index is 2.58. The van der Waals surface area contributed by atoms with Crippen LogP contribution >= 0.6 is 23.5 Å². The highest BCUT2D eigenvalue weighted by atomic mass is 32.2. The number of aromatic carboxylic acids is 2. The summed E-state index contributed by atoms with van der Waals surface area (Å²) >= 11 is 1.14. The average Bonchev–Trinajstić information content (AvgIpc) is 2.90. The van der Waals surface area contributed by atoms with Gasteiger partial charge in [-0.05, 0) is 59.9 Å². The van der Waals surface area contributed by atoms with E-state index in [1.165, 1.54) is 24.3 Å². The average molecular weight is 553 g/mol. The molecule has 38 heavy (non-hydrogen) atoms. The first-order valence-corrected chi connectivity index (χ1v) is 12.4. The summed E-state index contributed by atoms with van der Waals surface area (Å²) < 4.78 is 0. The van der Waals surface area contributed by atoms with Crippen molar-refractivity contribution in [1.29, 1.82) is 0 Å². The SMILES string of the molecule is C=CC(Sc1ccccc1)(c1c(C(=O)O)ccc(C(=O)O)c1C(C=C)(Sc1ccccc1)[N+](=O)[O-])[N+](=O)[O-]. The highest BCUT2D eigenvalue weighted by Crippen LogP contribution is 2.53. The summed E-state index contributed by atoms with van der Waals surface area (Å²) in [6, 6.07) is 17.6. The Kier molecular flexibility index (Phi) is 8.39. The van der Waals surface area contributed by atoms with Crippen molar-refractivity contribution in [2.24, 2.45) is 0 Å². The fraction of sp³-hybridized carbons (Fsp3) is 0.0769. The summed E-state index contributed by atoms with van der Waals surface area (Å²) in [6.45, 7) is 7.15. The lowest BCUT2D eigenvalue weighted by atomic mass is 9.86. The molecule has 0 aliphatic heterocycles. The molecule has 0 saturated heterocycles. The number of hydrogen-bond donors (Lipinski definition) is 2. The molecule has 0 aliphatic carbocycles. The number of thioether (sulfide) groups is 2. The van der Waals surface area contributed by atoms with Crippen LogP contribution < -0.4 is 0 Å². The first-order valence-electron chi connectivity index (χ1n) is 10.7. The number of hydrogen-bond acceptors (Lipinski definition) is 8. The molecule has 0 heterocycles. The van der Waals surface area contributed by atoms with Crippen molar-refractivity contribution in [2.75, 3.05) is 0 Å². The van der Waals surface area contributed by atoms with Gasteiger partial charge in [0, 0.05) is 31.8 Å². The quantitative estimate of drug-likeness (QED) is 0.0910. The van der Waals surface area contributed by atoms with Gasteiger partial charge in [-0.25, -0.2) is 9.59 Å². The molecule has 194 valence electrons. The number of nitro groups is 2. The van der Waals surface area contributed by atoms with Gasteiger partial charge in [0.2, 0.25) is 0 Å². The maximum Gasteiger partial charge on any atom is 0.336 e. The lowest BCUT2D eigenvalue weighted by Gasteiger charge is -2.31. The minimum atomic E-state index is -2.54. The van der Waals surface area contributed by atoms with E-state index in [0.717, 1.165) is 24.3 Å². The van der Waals surface area contributed by atoms with E-state index in [2.05, 4.69) is 13.2 Å². The lowest BCUT2D eigenvalue weighted by Crippen LogP contribution is -2.40. The fourth-order valence-electron chi connectivity index (χ4n) is 3.84. The smallest absolute Gasteiger partial charge is 0.336 e. The molecule has 3 rings (SSSR count). The van der Waals surface area contributed by atoms with Crippen molar-refractivity contribution in [3.8, 4) is 0 Å². The standard InChI is InChI=1S/C26H20N2O8S2/c1-3-25(27(33)34,37-17-11-7-5-8-12-17)21-19(23(29)30)15-16-20(24(31)32)22(21)26(4-2,28(35)36)38-18-13-9-6-10-14-18/h3-16H,1-2H2,(H,29,30)(H,31,32). The van der Waals surface area contributed by atoms with Crippen molar-refractivity contribution >= 4 is 35.5 Å². The number of carbonyl (C=O) groups is 2. The van der Waals surface area contributed by atoms with Crippen molar-refractivity contribution in [3.63, 3.8) is 0 Å². The molecule has 3 aromatic rings. The van der Waals surface area contributed by atoms with E-state index in [1.54, 1.807) is 36.4 Å². The molecule has 3 aromatic carbocycles. The van der Waals surface area contributed by atoms with Gasteiger partial charge in [0.1, 0.15) is 0 Å². The third-order valence-corrected chi connectivity index (χ3v) is 8.19. The van der Waals surface area contributed by atoms with Gasteiger partial charge >= 0.3 is 21.7 Å². The summed E-state index contributed by atoms with van der Waals surface area (Å²) in [5.74, 6) is -3.29. The van der Waals surface area contributed by atoms with Crippen LogP contribution in [0.2, 0.25) is 0 Å². The molecule has 0 saturated carbocycles. The fourth-order valence-corrected chi connectivity index (χ4v) is 6.08. The van der Waals surface area contributed by atoms with Crippen LogP contribution in [0, 0.1) is 20.2 Å². The molecule has 12 heteroatoms. The van der Waals surface area contributed by atoms with Gasteiger partial charge in [-0.2, -0.15) is 0 Å². The summed E-state index contributed by atoms with van der Waals surface area (Å²) in [4.78, 5) is 44.3. The number of rotatable bonds is 12. The minimum Gasteiger partial charge on any atom is -0.478 e. The Morgan fingerprint density at radius 3 is 1.24 bits per heavy atom. The molecule has 2 atom stereocenters. The predicted octanol–water partition coefficient (Wildman–Crippen LogP) is 5.90. The highest BCUT2D eigenvalue weighted by molar-refractivity contribution is 8.00. The van der Waals surface area contributed by atoms with E-state index in [4.69, 9.17) is 0 Å². The van der Waals surface area contributed by atoms with E-state index >= 15 is 0 Å². The van der Waals surface area contributed by atoms with Gasteiger partial charge in [-0.15, -0.1) is 0 Å². The first-order chi connectivity index (χ1) is 18.0. The maximum absolute atomic E-state index is 12.8. The minimum absolute atomic E-state index is 0.313. The highest BCUT2D eigenvalue weighted by Gasteiger charge is 2.57. The van der Waals surface area contributed by atoms with Crippen molar-refractivity contribution in [1.82, 2.24) is 0 Å². The Bertz CT molecular complexity index is 1320. The normalized spacial score (nSPS) is 13.9. The summed E-state index contributed by atoms with van der Waals surface area (Å²) in [7, 11) is 0. The van der Waals surface area contributed by atoms with Gasteiger partial charge in [-0.1, -0.05) is 49.6 Å². The van der Waals surface area contributed by atoms with Gasteiger partial charge in [0.05, 0.1) is 22.3 Å². The van der Waals surface area contributed by atoms with Gasteiger partial charge in [0.15, 0.2) is 0 Å². The zero-order valence-electron chi connectivity index (χ0n) is 19.6. The van der Waals surface area contributed by atoms with Crippen LogP contribution in [-0.2, 0) is 9.74 Å². The summed E-state index contributed by atoms with van der Waals surface area (Å²) in [5.41, 5.74) is -2.77. The Hall–Kier alpha value is -4.42. The summed E-state index contributed by atoms with van der Waals surface area (Å²) in [5, 5.41) is 45.7. The van der Waals surface area contributed by atoms with Gasteiger partial charge < -0.3 is 10.2 Å². The van der Waals surface area contributed by atoms with Gasteiger partial charge in [-0.3, -0.25) is 20.2 Å². The molecular weight excluding hydrogens is 532 g/mol. The van der Waals surface area contributed by atoms with Crippen LogP contribution in [0.4, 0.5) is 0 Å². The molecule has 0 spiro atoms. The van der Waals surface area contributed by atoms with Crippen LogP contribution in [-0.4, -0.2) is 32.0 Å². The molecule has 0 fully saturated rings. The van der Waals surface area contributed by atoms with Crippen LogP contribution in [0.1, 0.15) is 31.8 Å². The van der Waals surface area contributed by atoms with Crippen molar-refractivity contribution in [2.45, 2.75) is 19.5 Å². The first kappa shape index (κ1) is 28.2. The topological polar surface area (TPSA) is 161 Å². The second-order valence-corrected chi connectivity index (χ2v) is 10.3. The van der Waals surface area contributed by atoms with Crippen molar-refractivity contribution in [3.05, 3.63) is 141 Å². The molecule has 0 aromatic heterocycles. The monoisotopic (exact) mass is 552 g/mol. The summed E-state index contributed by atoms with van der Waals surface area (Å²) in [6.07, 6.45) is 1.70. The van der Waals surface area contributed by atoms with Crippen LogP contribution in [0.3, 0.4) is 0 Å². The van der Waals surface area contributed by atoms with E-state index in [0.29, 0.717) is 33.3 Å². The zero-order chi connectivity index (χ0) is 28.1. The van der Waals surface area contributed by atoms with Crippen LogP contribution in [0.25, 0.3) is 0 Å². The van der Waals surface area contributed by atoms with Crippen molar-refractivity contribution < 1.29 is 29.6 Å².